The molecule has 1 fully saturated rings. The van der Waals surface area contributed by atoms with E-state index < -0.39 is 23.6 Å². The molecule has 5 heteroatoms. The number of hydrogen-bond acceptors (Lipinski definition) is 3. The van der Waals surface area contributed by atoms with Gasteiger partial charge in [-0.25, -0.2) is 0 Å². The molecule has 66 valence electrons. The number of carbonyl (C=O) groups excluding carboxylic acids is 2. The van der Waals surface area contributed by atoms with E-state index in [0.717, 1.165) is 0 Å². The molecule has 1 unspecified atom stereocenters. The van der Waals surface area contributed by atoms with Crippen molar-refractivity contribution in [2.75, 3.05) is 13.6 Å². The number of hydrogen-bond donors (Lipinski definition) is 1. The van der Waals surface area contributed by atoms with Gasteiger partial charge in [0.15, 0.2) is 0 Å². The average Bonchev–Trinajstić information content (AvgIpc) is 2.00. The number of nitrogens with zero attached hydrogens (tertiary/aromatic N) is 1. The zero-order chi connectivity index (χ0) is 9.30. The van der Waals surface area contributed by atoms with Crippen molar-refractivity contribution < 1.29 is 19.5 Å². The smallest absolute Gasteiger partial charge is 0.314 e. The Morgan fingerprint density at radius 1 is 1.58 bits per heavy atom. The number of likely N-dealkylation sites (N-methyl/N-ethyl adjacent to an activating group) is 1. The van der Waals surface area contributed by atoms with Crippen LogP contribution in [0.4, 0.5) is 0 Å². The molecule has 0 aromatic carbocycles. The van der Waals surface area contributed by atoms with E-state index in [2.05, 4.69) is 0 Å². The first-order valence-electron chi connectivity index (χ1n) is 3.56. The summed E-state index contributed by atoms with van der Waals surface area (Å²) < 4.78 is 0. The summed E-state index contributed by atoms with van der Waals surface area (Å²) >= 11 is 0. The third kappa shape index (κ3) is 1.30. The summed E-state index contributed by atoms with van der Waals surface area (Å²) in [6, 6.07) is 0. The van der Waals surface area contributed by atoms with Gasteiger partial charge in [-0.2, -0.15) is 0 Å². The van der Waals surface area contributed by atoms with Crippen molar-refractivity contribution in [3.63, 3.8) is 0 Å². The van der Waals surface area contributed by atoms with Crippen molar-refractivity contribution in [2.24, 2.45) is 5.92 Å². The van der Waals surface area contributed by atoms with Gasteiger partial charge in [-0.3, -0.25) is 14.4 Å². The van der Waals surface area contributed by atoms with Crippen LogP contribution in [0.5, 0.6) is 0 Å². The molecular weight excluding hydrogens is 162 g/mol. The molecule has 1 heterocycles. The lowest BCUT2D eigenvalue weighted by molar-refractivity contribution is -0.157. The van der Waals surface area contributed by atoms with E-state index in [1.54, 1.807) is 0 Å². The Morgan fingerprint density at radius 2 is 2.17 bits per heavy atom. The van der Waals surface area contributed by atoms with Gasteiger partial charge < -0.3 is 10.0 Å². The summed E-state index contributed by atoms with van der Waals surface area (Å²) in [5.41, 5.74) is 0. The lowest BCUT2D eigenvalue weighted by Crippen LogP contribution is -2.46. The highest BCUT2D eigenvalue weighted by atomic mass is 16.4. The number of ketones is 1. The fourth-order valence-electron chi connectivity index (χ4n) is 1.13. The Balaban J connectivity index is 2.79. The monoisotopic (exact) mass is 171 g/mol. The molecule has 0 aromatic rings. The number of piperidine rings is 1. The van der Waals surface area contributed by atoms with Crippen molar-refractivity contribution in [2.45, 2.75) is 6.42 Å². The first-order valence-corrected chi connectivity index (χ1v) is 3.56. The van der Waals surface area contributed by atoms with Gasteiger partial charge in [0.05, 0.1) is 0 Å². The van der Waals surface area contributed by atoms with Crippen LogP contribution in [-0.4, -0.2) is 41.3 Å². The van der Waals surface area contributed by atoms with Crippen molar-refractivity contribution in [3.05, 3.63) is 0 Å². The van der Waals surface area contributed by atoms with Crippen molar-refractivity contribution >= 4 is 17.7 Å². The van der Waals surface area contributed by atoms with Crippen LogP contribution >= 0.6 is 0 Å². The molecule has 12 heavy (non-hydrogen) atoms. The van der Waals surface area contributed by atoms with Gasteiger partial charge in [-0.15, -0.1) is 0 Å². The maximum Gasteiger partial charge on any atom is 0.314 e. The summed E-state index contributed by atoms with van der Waals surface area (Å²) in [6.45, 7) is 0.335. The van der Waals surface area contributed by atoms with Crippen LogP contribution in [0.15, 0.2) is 0 Å². The first-order chi connectivity index (χ1) is 5.54. The van der Waals surface area contributed by atoms with Crippen molar-refractivity contribution in [3.8, 4) is 0 Å². The second-order valence-electron chi connectivity index (χ2n) is 2.77. The summed E-state index contributed by atoms with van der Waals surface area (Å²) in [4.78, 5) is 33.6. The fourth-order valence-corrected chi connectivity index (χ4v) is 1.13. The molecule has 5 nitrogen and oxygen atoms in total. The van der Waals surface area contributed by atoms with E-state index in [4.69, 9.17) is 5.11 Å². The molecule has 1 N–H and O–H groups in total. The molecule has 0 bridgehead atoms. The number of carbonyl (C=O) groups is 3. The molecular formula is C7H9NO4. The molecule has 0 aliphatic carbocycles. The van der Waals surface area contributed by atoms with Crippen molar-refractivity contribution in [1.29, 1.82) is 0 Å². The van der Waals surface area contributed by atoms with Crippen LogP contribution < -0.4 is 0 Å². The van der Waals surface area contributed by atoms with Gasteiger partial charge >= 0.3 is 5.97 Å². The minimum Gasteiger partial charge on any atom is -0.481 e. The van der Waals surface area contributed by atoms with Gasteiger partial charge in [0.1, 0.15) is 5.92 Å². The predicted molar refractivity (Wildman–Crippen MR) is 38.4 cm³/mol. The third-order valence-electron chi connectivity index (χ3n) is 1.93. The van der Waals surface area contributed by atoms with Gasteiger partial charge in [-0.1, -0.05) is 0 Å². The molecule has 1 saturated heterocycles. The van der Waals surface area contributed by atoms with Gasteiger partial charge in [-0.05, 0) is 6.42 Å². The maximum absolute atomic E-state index is 11.0. The van der Waals surface area contributed by atoms with Crippen molar-refractivity contribution in [1.82, 2.24) is 4.90 Å². The molecule has 0 spiro atoms. The van der Waals surface area contributed by atoms with Crippen LogP contribution in [-0.2, 0) is 14.4 Å². The summed E-state index contributed by atoms with van der Waals surface area (Å²) in [5, 5.41) is 8.52. The number of aliphatic carboxylic acids is 1. The SMILES string of the molecule is CN1CCC(C(=O)O)C(=O)C1=O. The lowest BCUT2D eigenvalue weighted by atomic mass is 9.95. The van der Waals surface area contributed by atoms with Crippen LogP contribution in [0.2, 0.25) is 0 Å². The van der Waals surface area contributed by atoms with Crippen LogP contribution in [0.3, 0.4) is 0 Å². The van der Waals surface area contributed by atoms with Crippen LogP contribution in [0.1, 0.15) is 6.42 Å². The van der Waals surface area contributed by atoms with Crippen LogP contribution in [0, 0.1) is 5.92 Å². The van der Waals surface area contributed by atoms with Crippen LogP contribution in [0.25, 0.3) is 0 Å². The molecule has 1 rings (SSSR count). The Hall–Kier alpha value is -1.39. The fraction of sp³-hybridized carbons (Fsp3) is 0.571. The average molecular weight is 171 g/mol. The van der Waals surface area contributed by atoms with Gasteiger partial charge in [0, 0.05) is 13.6 Å². The van der Waals surface area contributed by atoms with E-state index in [9.17, 15) is 14.4 Å². The molecule has 1 atom stereocenters. The standard InChI is InChI=1S/C7H9NO4/c1-8-3-2-4(7(11)12)5(9)6(8)10/h4H,2-3H2,1H3,(H,11,12). The molecule has 1 aliphatic heterocycles. The second kappa shape index (κ2) is 2.92. The minimum absolute atomic E-state index is 0.219. The summed E-state index contributed by atoms with van der Waals surface area (Å²) in [6.07, 6.45) is 0.219. The van der Waals surface area contributed by atoms with Gasteiger partial charge in [0.25, 0.3) is 5.91 Å². The van der Waals surface area contributed by atoms with Gasteiger partial charge in [0.2, 0.25) is 5.78 Å². The number of Topliss-reactive ketones (excluding diaryl/α,β-unsaturated/α-hetero) is 1. The molecule has 1 amide bonds. The van der Waals surface area contributed by atoms with E-state index in [1.807, 2.05) is 0 Å². The number of carboxylic acid groups (broad SMARTS) is 1. The van der Waals surface area contributed by atoms with E-state index in [-0.39, 0.29) is 6.42 Å². The molecule has 0 aromatic heterocycles. The third-order valence-corrected chi connectivity index (χ3v) is 1.93. The number of amides is 1. The Kier molecular flexibility index (Phi) is 2.12. The first kappa shape index (κ1) is 8.70. The normalized spacial score (nSPS) is 24.4. The Labute approximate surface area is 69.0 Å². The highest BCUT2D eigenvalue weighted by Crippen LogP contribution is 2.13. The second-order valence-corrected chi connectivity index (χ2v) is 2.77. The van der Waals surface area contributed by atoms with E-state index >= 15 is 0 Å². The molecule has 0 saturated carbocycles. The maximum atomic E-state index is 11.0. The van der Waals surface area contributed by atoms with E-state index in [0.29, 0.717) is 6.54 Å². The lowest BCUT2D eigenvalue weighted by Gasteiger charge is -2.24. The zero-order valence-corrected chi connectivity index (χ0v) is 6.61. The molecule has 1 aliphatic rings. The number of likely N-dealkylation sites (tertiary alicyclic amines) is 1. The largest absolute Gasteiger partial charge is 0.481 e. The highest BCUT2D eigenvalue weighted by molar-refractivity contribution is 6.40. The Morgan fingerprint density at radius 3 is 2.67 bits per heavy atom. The quantitative estimate of drug-likeness (QED) is 0.410. The molecule has 0 radical (unpaired) electrons. The Bertz CT molecular complexity index is 248. The highest BCUT2D eigenvalue weighted by Gasteiger charge is 2.37. The zero-order valence-electron chi connectivity index (χ0n) is 6.61. The van der Waals surface area contributed by atoms with E-state index in [1.165, 1.54) is 11.9 Å². The minimum atomic E-state index is -1.21. The summed E-state index contributed by atoms with van der Waals surface area (Å²) in [7, 11) is 1.48. The number of carboxylic acids is 1. The predicted octanol–water partition coefficient (Wildman–Crippen LogP) is -0.882. The summed E-state index contributed by atoms with van der Waals surface area (Å²) in [5.74, 6) is -3.85. The topological polar surface area (TPSA) is 74.7 Å². The number of rotatable bonds is 1.